The summed E-state index contributed by atoms with van der Waals surface area (Å²) in [5.74, 6) is 2.36. The molecule has 1 aromatic heterocycles. The van der Waals surface area contributed by atoms with Crippen LogP contribution >= 0.6 is 11.6 Å². The van der Waals surface area contributed by atoms with Gasteiger partial charge in [-0.15, -0.1) is 0 Å². The van der Waals surface area contributed by atoms with Gasteiger partial charge in [0, 0.05) is 24.1 Å². The van der Waals surface area contributed by atoms with Gasteiger partial charge in [-0.25, -0.2) is 9.97 Å². The van der Waals surface area contributed by atoms with Crippen molar-refractivity contribution in [1.82, 2.24) is 14.9 Å². The molecule has 1 aliphatic heterocycles. The first-order valence-electron chi connectivity index (χ1n) is 7.67. The van der Waals surface area contributed by atoms with Gasteiger partial charge < -0.3 is 5.32 Å². The highest BCUT2D eigenvalue weighted by atomic mass is 35.5. The molecule has 2 fully saturated rings. The lowest BCUT2D eigenvalue weighted by molar-refractivity contribution is 0.269. The molecule has 0 amide bonds. The lowest BCUT2D eigenvalue weighted by atomic mass is 10.2. The summed E-state index contributed by atoms with van der Waals surface area (Å²) in [4.78, 5) is 11.6. The van der Waals surface area contributed by atoms with E-state index in [-0.39, 0.29) is 0 Å². The van der Waals surface area contributed by atoms with E-state index in [1.54, 1.807) is 0 Å². The maximum absolute atomic E-state index is 6.23. The lowest BCUT2D eigenvalue weighted by Gasteiger charge is -2.24. The highest BCUT2D eigenvalue weighted by Gasteiger charge is 2.28. The van der Waals surface area contributed by atoms with E-state index in [2.05, 4.69) is 27.1 Å². The molecular formula is C15H23ClN4. The number of likely N-dealkylation sites (tertiary alicyclic amines) is 1. The van der Waals surface area contributed by atoms with Crippen LogP contribution in [0.25, 0.3) is 0 Å². The second-order valence-electron chi connectivity index (χ2n) is 6.09. The van der Waals surface area contributed by atoms with Crippen LogP contribution in [0, 0.1) is 6.92 Å². The average Bonchev–Trinajstić information content (AvgIpc) is 3.14. The Morgan fingerprint density at radius 1 is 1.30 bits per heavy atom. The van der Waals surface area contributed by atoms with Crippen LogP contribution in [0.1, 0.15) is 49.9 Å². The van der Waals surface area contributed by atoms with Gasteiger partial charge in [0.05, 0.1) is 0 Å². The molecule has 1 unspecified atom stereocenters. The molecule has 2 aliphatic rings. The first-order chi connectivity index (χ1) is 9.65. The third-order valence-corrected chi connectivity index (χ3v) is 4.74. The number of hydrogen-bond acceptors (Lipinski definition) is 4. The minimum Gasteiger partial charge on any atom is -0.368 e. The van der Waals surface area contributed by atoms with Crippen molar-refractivity contribution in [3.05, 3.63) is 16.5 Å². The smallest absolute Gasteiger partial charge is 0.137 e. The number of nitrogens with zero attached hydrogens (tertiary/aromatic N) is 3. The van der Waals surface area contributed by atoms with Crippen molar-refractivity contribution in [2.75, 3.05) is 25.0 Å². The van der Waals surface area contributed by atoms with Crippen molar-refractivity contribution in [2.45, 2.75) is 51.5 Å². The summed E-state index contributed by atoms with van der Waals surface area (Å²) >= 11 is 6.23. The van der Waals surface area contributed by atoms with Crippen molar-refractivity contribution in [3.8, 4) is 0 Å². The maximum Gasteiger partial charge on any atom is 0.137 e. The Labute approximate surface area is 125 Å². The van der Waals surface area contributed by atoms with Crippen molar-refractivity contribution < 1.29 is 0 Å². The van der Waals surface area contributed by atoms with Gasteiger partial charge in [-0.3, -0.25) is 4.90 Å². The first-order valence-corrected chi connectivity index (χ1v) is 8.05. The van der Waals surface area contributed by atoms with Crippen LogP contribution in [0.2, 0.25) is 5.15 Å². The topological polar surface area (TPSA) is 41.1 Å². The van der Waals surface area contributed by atoms with Gasteiger partial charge in [0.2, 0.25) is 0 Å². The number of halogens is 1. The molecular weight excluding hydrogens is 272 g/mol. The number of rotatable bonds is 5. The van der Waals surface area contributed by atoms with Crippen molar-refractivity contribution in [2.24, 2.45) is 0 Å². The Bertz CT molecular complexity index is 481. The molecule has 3 rings (SSSR count). The van der Waals surface area contributed by atoms with Crippen LogP contribution in [-0.2, 0) is 0 Å². The van der Waals surface area contributed by atoms with Crippen LogP contribution in [-0.4, -0.2) is 40.5 Å². The molecule has 20 heavy (non-hydrogen) atoms. The fourth-order valence-electron chi connectivity index (χ4n) is 2.76. The molecule has 0 spiro atoms. The Kier molecular flexibility index (Phi) is 4.13. The van der Waals surface area contributed by atoms with Gasteiger partial charge in [-0.1, -0.05) is 11.6 Å². The Morgan fingerprint density at radius 2 is 2.00 bits per heavy atom. The third kappa shape index (κ3) is 3.07. The van der Waals surface area contributed by atoms with E-state index in [9.17, 15) is 0 Å². The Morgan fingerprint density at radius 3 is 2.65 bits per heavy atom. The fourth-order valence-corrected chi connectivity index (χ4v) is 2.93. The zero-order valence-corrected chi connectivity index (χ0v) is 13.1. The molecule has 1 saturated carbocycles. The molecule has 0 radical (unpaired) electrons. The molecule has 0 aromatic carbocycles. The predicted octanol–water partition coefficient (Wildman–Crippen LogP) is 3.21. The highest BCUT2D eigenvalue weighted by Crippen LogP contribution is 2.39. The highest BCUT2D eigenvalue weighted by molar-refractivity contribution is 6.30. The predicted molar refractivity (Wildman–Crippen MR) is 82.5 cm³/mol. The van der Waals surface area contributed by atoms with E-state index in [1.807, 2.05) is 6.92 Å². The summed E-state index contributed by atoms with van der Waals surface area (Å²) in [6, 6.07) is 0.537. The molecule has 4 nitrogen and oxygen atoms in total. The summed E-state index contributed by atoms with van der Waals surface area (Å²) in [5.41, 5.74) is 0.963. The van der Waals surface area contributed by atoms with E-state index < -0.39 is 0 Å². The summed E-state index contributed by atoms with van der Waals surface area (Å²) in [7, 11) is 0. The minimum atomic E-state index is 0.532. The van der Waals surface area contributed by atoms with Crippen LogP contribution in [0.3, 0.4) is 0 Å². The van der Waals surface area contributed by atoms with E-state index in [1.165, 1.54) is 38.8 Å². The standard InChI is InChI=1S/C15H23ClN4/c1-10(20-7-3-4-8-20)9-17-14-11(2)13(16)18-15(19-14)12-5-6-12/h10,12H,3-9H2,1-2H3,(H,17,18,19). The molecule has 1 saturated heterocycles. The van der Waals surface area contributed by atoms with E-state index in [4.69, 9.17) is 11.6 Å². The van der Waals surface area contributed by atoms with Gasteiger partial charge in [-0.05, 0) is 52.6 Å². The zero-order valence-electron chi connectivity index (χ0n) is 12.3. The summed E-state index contributed by atoms with van der Waals surface area (Å²) in [6.45, 7) is 7.62. The van der Waals surface area contributed by atoms with Gasteiger partial charge in [0.15, 0.2) is 0 Å². The quantitative estimate of drug-likeness (QED) is 0.847. The fraction of sp³-hybridized carbons (Fsp3) is 0.733. The first kappa shape index (κ1) is 14.1. The van der Waals surface area contributed by atoms with Crippen LogP contribution in [0.15, 0.2) is 0 Å². The third-order valence-electron chi connectivity index (χ3n) is 4.38. The number of aromatic nitrogens is 2. The molecule has 1 aromatic rings. The monoisotopic (exact) mass is 294 g/mol. The van der Waals surface area contributed by atoms with Crippen molar-refractivity contribution in [1.29, 1.82) is 0 Å². The Balaban J connectivity index is 1.66. The molecule has 5 heteroatoms. The lowest BCUT2D eigenvalue weighted by Crippen LogP contribution is -2.35. The molecule has 1 N–H and O–H groups in total. The minimum absolute atomic E-state index is 0.532. The number of hydrogen-bond donors (Lipinski definition) is 1. The molecule has 2 heterocycles. The van der Waals surface area contributed by atoms with Gasteiger partial charge in [0.1, 0.15) is 16.8 Å². The number of nitrogens with one attached hydrogen (secondary N) is 1. The molecule has 0 bridgehead atoms. The average molecular weight is 295 g/mol. The molecule has 110 valence electrons. The van der Waals surface area contributed by atoms with Crippen molar-refractivity contribution in [3.63, 3.8) is 0 Å². The van der Waals surface area contributed by atoms with Gasteiger partial charge >= 0.3 is 0 Å². The largest absolute Gasteiger partial charge is 0.368 e. The van der Waals surface area contributed by atoms with Crippen LogP contribution in [0.4, 0.5) is 5.82 Å². The zero-order chi connectivity index (χ0) is 14.1. The summed E-state index contributed by atoms with van der Waals surface area (Å²) in [6.07, 6.45) is 5.05. The van der Waals surface area contributed by atoms with E-state index in [0.717, 1.165) is 23.8 Å². The molecule has 1 aliphatic carbocycles. The summed E-state index contributed by atoms with van der Waals surface area (Å²) < 4.78 is 0. The second kappa shape index (κ2) is 5.86. The van der Waals surface area contributed by atoms with Crippen LogP contribution in [0.5, 0.6) is 0 Å². The summed E-state index contributed by atoms with van der Waals surface area (Å²) in [5, 5.41) is 4.07. The van der Waals surface area contributed by atoms with Crippen LogP contribution < -0.4 is 5.32 Å². The number of anilines is 1. The van der Waals surface area contributed by atoms with E-state index >= 15 is 0 Å². The van der Waals surface area contributed by atoms with Crippen molar-refractivity contribution >= 4 is 17.4 Å². The Hall–Kier alpha value is -0.870. The maximum atomic E-state index is 6.23. The molecule has 1 atom stereocenters. The normalized spacial score (nSPS) is 21.1. The van der Waals surface area contributed by atoms with E-state index in [0.29, 0.717) is 17.1 Å². The van der Waals surface area contributed by atoms with Gasteiger partial charge in [-0.2, -0.15) is 0 Å². The van der Waals surface area contributed by atoms with Gasteiger partial charge in [0.25, 0.3) is 0 Å². The second-order valence-corrected chi connectivity index (χ2v) is 6.45. The SMILES string of the molecule is Cc1c(Cl)nc(C2CC2)nc1NCC(C)N1CCCC1.